The van der Waals surface area contributed by atoms with Crippen LogP contribution in [-0.4, -0.2) is 0 Å². The average Bonchev–Trinajstić information content (AvgIpc) is 3.47. The van der Waals surface area contributed by atoms with Crippen LogP contribution in [0.3, 0.4) is 0 Å². The first-order valence-electron chi connectivity index (χ1n) is 13.5. The van der Waals surface area contributed by atoms with Gasteiger partial charge >= 0.3 is 0 Å². The van der Waals surface area contributed by atoms with E-state index in [2.05, 4.69) is 140 Å². The molecule has 39 heavy (non-hydrogen) atoms. The van der Waals surface area contributed by atoms with Gasteiger partial charge in [-0.25, -0.2) is 0 Å². The predicted octanol–water partition coefficient (Wildman–Crippen LogP) is 10.5. The van der Waals surface area contributed by atoms with E-state index in [1.165, 1.54) is 27.6 Å². The third-order valence-corrected chi connectivity index (χ3v) is 8.46. The fourth-order valence-electron chi connectivity index (χ4n) is 6.44. The SMILES string of the molecule is CC1(C)c2ccccc2-c2ccc(Nc3ccc(-c4cccc5c4oc4c6ccccc6ccc54)cc3)cc21. The van der Waals surface area contributed by atoms with E-state index in [4.69, 9.17) is 4.42 Å². The summed E-state index contributed by atoms with van der Waals surface area (Å²) in [6, 6.07) is 43.4. The number of hydrogen-bond acceptors (Lipinski definition) is 2. The van der Waals surface area contributed by atoms with Gasteiger partial charge in [-0.05, 0) is 63.5 Å². The summed E-state index contributed by atoms with van der Waals surface area (Å²) in [5.74, 6) is 0. The van der Waals surface area contributed by atoms with Gasteiger partial charge in [0.05, 0.1) is 0 Å². The molecule has 8 rings (SSSR count). The Bertz CT molecular complexity index is 2060. The molecule has 0 bridgehead atoms. The van der Waals surface area contributed by atoms with Gasteiger partial charge in [-0.1, -0.05) is 105 Å². The summed E-state index contributed by atoms with van der Waals surface area (Å²) in [7, 11) is 0. The molecular formula is C37H27NO. The fraction of sp³-hybridized carbons (Fsp3) is 0.0811. The second-order valence-electron chi connectivity index (χ2n) is 11.1. The van der Waals surface area contributed by atoms with Gasteiger partial charge in [0.2, 0.25) is 0 Å². The van der Waals surface area contributed by atoms with Crippen LogP contribution in [0.2, 0.25) is 0 Å². The first-order chi connectivity index (χ1) is 19.1. The van der Waals surface area contributed by atoms with Crippen LogP contribution >= 0.6 is 0 Å². The lowest BCUT2D eigenvalue weighted by molar-refractivity contribution is 0.660. The number of nitrogens with one attached hydrogen (secondary N) is 1. The van der Waals surface area contributed by atoms with E-state index >= 15 is 0 Å². The highest BCUT2D eigenvalue weighted by atomic mass is 16.3. The van der Waals surface area contributed by atoms with Crippen LogP contribution in [0.25, 0.3) is 55.0 Å². The zero-order valence-electron chi connectivity index (χ0n) is 22.0. The quantitative estimate of drug-likeness (QED) is 0.260. The highest BCUT2D eigenvalue weighted by molar-refractivity contribution is 6.17. The molecule has 1 N–H and O–H groups in total. The van der Waals surface area contributed by atoms with Gasteiger partial charge in [0.25, 0.3) is 0 Å². The summed E-state index contributed by atoms with van der Waals surface area (Å²) in [4.78, 5) is 0. The van der Waals surface area contributed by atoms with E-state index in [1.54, 1.807) is 0 Å². The van der Waals surface area contributed by atoms with E-state index < -0.39 is 0 Å². The Morgan fingerprint density at radius 1 is 0.513 bits per heavy atom. The van der Waals surface area contributed by atoms with Crippen molar-refractivity contribution in [2.75, 3.05) is 5.32 Å². The highest BCUT2D eigenvalue weighted by Gasteiger charge is 2.35. The lowest BCUT2D eigenvalue weighted by atomic mass is 9.82. The molecule has 1 aromatic heterocycles. The van der Waals surface area contributed by atoms with Gasteiger partial charge in [-0.15, -0.1) is 0 Å². The molecule has 0 unspecified atom stereocenters. The number of anilines is 2. The minimum Gasteiger partial charge on any atom is -0.455 e. The van der Waals surface area contributed by atoms with Crippen molar-refractivity contribution in [2.45, 2.75) is 19.3 Å². The van der Waals surface area contributed by atoms with Crippen LogP contribution in [0.5, 0.6) is 0 Å². The van der Waals surface area contributed by atoms with Gasteiger partial charge in [0, 0.05) is 38.5 Å². The number of benzene rings is 6. The lowest BCUT2D eigenvalue weighted by Gasteiger charge is -2.22. The first-order valence-corrected chi connectivity index (χ1v) is 13.5. The normalized spacial score (nSPS) is 13.6. The molecule has 2 heteroatoms. The zero-order chi connectivity index (χ0) is 26.1. The van der Waals surface area contributed by atoms with Crippen LogP contribution in [0.4, 0.5) is 11.4 Å². The van der Waals surface area contributed by atoms with E-state index in [0.29, 0.717) is 0 Å². The second-order valence-corrected chi connectivity index (χ2v) is 11.1. The molecule has 0 atom stereocenters. The van der Waals surface area contributed by atoms with Crippen LogP contribution in [0.1, 0.15) is 25.0 Å². The van der Waals surface area contributed by atoms with Crippen molar-refractivity contribution in [3.8, 4) is 22.3 Å². The van der Waals surface area contributed by atoms with E-state index in [1.807, 2.05) is 0 Å². The van der Waals surface area contributed by atoms with Crippen LogP contribution < -0.4 is 5.32 Å². The van der Waals surface area contributed by atoms with E-state index in [0.717, 1.165) is 49.8 Å². The standard InChI is InChI=1S/C37H27NO/c1-37(2)33-13-6-5-10-29(33)30-21-19-26(22-34(30)37)38-25-17-14-24(15-18-25)28-11-7-12-31-32-20-16-23-8-3-4-9-27(23)36(32)39-35(28)31/h3-22,38H,1-2H3. The van der Waals surface area contributed by atoms with Crippen LogP contribution in [0.15, 0.2) is 126 Å². The minimum atomic E-state index is -0.00986. The Hall–Kier alpha value is -4.82. The van der Waals surface area contributed by atoms with Crippen molar-refractivity contribution in [1.82, 2.24) is 0 Å². The monoisotopic (exact) mass is 501 g/mol. The summed E-state index contributed by atoms with van der Waals surface area (Å²) in [5.41, 5.74) is 11.7. The van der Waals surface area contributed by atoms with Crippen molar-refractivity contribution in [3.05, 3.63) is 132 Å². The average molecular weight is 502 g/mol. The van der Waals surface area contributed by atoms with Crippen molar-refractivity contribution in [1.29, 1.82) is 0 Å². The Balaban J connectivity index is 1.14. The molecule has 6 aromatic carbocycles. The van der Waals surface area contributed by atoms with Crippen LogP contribution in [-0.2, 0) is 5.41 Å². The smallest absolute Gasteiger partial charge is 0.143 e. The van der Waals surface area contributed by atoms with Gasteiger partial charge in [0.1, 0.15) is 11.2 Å². The molecule has 0 spiro atoms. The molecule has 1 heterocycles. The van der Waals surface area contributed by atoms with Gasteiger partial charge < -0.3 is 9.73 Å². The maximum absolute atomic E-state index is 6.55. The van der Waals surface area contributed by atoms with Crippen molar-refractivity contribution in [3.63, 3.8) is 0 Å². The summed E-state index contributed by atoms with van der Waals surface area (Å²) < 4.78 is 6.55. The molecule has 0 radical (unpaired) electrons. The fourth-order valence-corrected chi connectivity index (χ4v) is 6.44. The largest absolute Gasteiger partial charge is 0.455 e. The topological polar surface area (TPSA) is 25.2 Å². The Morgan fingerprint density at radius 3 is 2.10 bits per heavy atom. The van der Waals surface area contributed by atoms with Crippen molar-refractivity contribution >= 4 is 44.1 Å². The molecule has 0 amide bonds. The van der Waals surface area contributed by atoms with Gasteiger partial charge in [-0.3, -0.25) is 0 Å². The lowest BCUT2D eigenvalue weighted by Crippen LogP contribution is -2.15. The minimum absolute atomic E-state index is 0.00986. The third-order valence-electron chi connectivity index (χ3n) is 8.46. The molecule has 0 saturated carbocycles. The molecule has 2 nitrogen and oxygen atoms in total. The maximum atomic E-state index is 6.55. The van der Waals surface area contributed by atoms with Crippen molar-refractivity contribution in [2.24, 2.45) is 0 Å². The Morgan fingerprint density at radius 2 is 1.21 bits per heavy atom. The molecule has 0 fully saturated rings. The van der Waals surface area contributed by atoms with Gasteiger partial charge in [0.15, 0.2) is 0 Å². The molecular weight excluding hydrogens is 474 g/mol. The Kier molecular flexibility index (Phi) is 4.60. The number of furan rings is 1. The molecule has 0 saturated heterocycles. The van der Waals surface area contributed by atoms with E-state index in [-0.39, 0.29) is 5.41 Å². The number of hydrogen-bond donors (Lipinski definition) is 1. The summed E-state index contributed by atoms with van der Waals surface area (Å²) in [6.45, 7) is 4.63. The first kappa shape index (κ1) is 22.2. The third kappa shape index (κ3) is 3.28. The van der Waals surface area contributed by atoms with Gasteiger partial charge in [-0.2, -0.15) is 0 Å². The molecule has 1 aliphatic rings. The second kappa shape index (κ2) is 8.09. The van der Waals surface area contributed by atoms with Crippen LogP contribution in [0, 0.1) is 0 Å². The number of fused-ring (bicyclic) bond motifs is 8. The summed E-state index contributed by atoms with van der Waals surface area (Å²) in [5, 5.41) is 8.28. The molecule has 1 aliphatic carbocycles. The summed E-state index contributed by atoms with van der Waals surface area (Å²) >= 11 is 0. The van der Waals surface area contributed by atoms with E-state index in [9.17, 15) is 0 Å². The molecule has 0 aliphatic heterocycles. The predicted molar refractivity (Wildman–Crippen MR) is 164 cm³/mol. The molecule has 7 aromatic rings. The maximum Gasteiger partial charge on any atom is 0.143 e. The number of rotatable bonds is 3. The summed E-state index contributed by atoms with van der Waals surface area (Å²) in [6.07, 6.45) is 0. The van der Waals surface area contributed by atoms with Crippen molar-refractivity contribution < 1.29 is 4.42 Å². The Labute approximate surface area is 227 Å². The number of para-hydroxylation sites is 1. The molecule has 186 valence electrons. The highest BCUT2D eigenvalue weighted by Crippen LogP contribution is 2.49. The zero-order valence-corrected chi connectivity index (χ0v) is 22.0.